The summed E-state index contributed by atoms with van der Waals surface area (Å²) in [6.45, 7) is 0. The first-order chi connectivity index (χ1) is 27.3. The Bertz CT molecular complexity index is 2630. The molecule has 0 bridgehead atoms. The van der Waals surface area contributed by atoms with E-state index in [0.717, 1.165) is 44.9 Å². The minimum absolute atomic E-state index is 0.0264. The first-order valence-electron chi connectivity index (χ1n) is 18.8. The van der Waals surface area contributed by atoms with Crippen molar-refractivity contribution in [2.24, 2.45) is 0 Å². The smallest absolute Gasteiger partial charge is 0.0793 e. The SMILES string of the molecule is C1=C(c2ccccc2)N2NC(c3ccccc3)C(c3ccccc3)=C2c2cccc(-c3ccc(-c4cc(-c5ccccc5)nc(-c5ccccc5)c4)cc3)c21. The number of fused-ring (bicyclic) bond motifs is 3. The Balaban J connectivity index is 1.12. The summed E-state index contributed by atoms with van der Waals surface area (Å²) in [5.74, 6) is 0. The standard InChI is InChI=1S/C52H37N3/c1-6-17-38(18-7-1)47-33-43(34-48(53-47)39-19-8-2-9-20-39)36-29-31-37(32-30-36)44-27-16-28-45-46(44)35-49(40-21-10-3-11-22-40)55-52(45)50(41-23-12-4-13-24-41)51(54-55)42-25-14-5-15-26-42/h1-35,51,54H. The summed E-state index contributed by atoms with van der Waals surface area (Å²) < 4.78 is 0. The maximum absolute atomic E-state index is 5.10. The number of hydrazine groups is 1. The van der Waals surface area contributed by atoms with E-state index in [4.69, 9.17) is 4.98 Å². The van der Waals surface area contributed by atoms with Crippen LogP contribution in [0.25, 0.3) is 67.8 Å². The lowest BCUT2D eigenvalue weighted by Crippen LogP contribution is -2.33. The summed E-state index contributed by atoms with van der Waals surface area (Å²) in [4.78, 5) is 5.10. The third kappa shape index (κ3) is 6.07. The van der Waals surface area contributed by atoms with Crippen LogP contribution in [0.3, 0.4) is 0 Å². The van der Waals surface area contributed by atoms with E-state index in [2.05, 4.69) is 211 Å². The molecule has 1 aromatic heterocycles. The second-order valence-electron chi connectivity index (χ2n) is 14.0. The fourth-order valence-electron chi connectivity index (χ4n) is 8.03. The first kappa shape index (κ1) is 32.6. The van der Waals surface area contributed by atoms with E-state index in [1.807, 2.05) is 12.1 Å². The lowest BCUT2D eigenvalue weighted by Gasteiger charge is -2.32. The number of hydrogen-bond acceptors (Lipinski definition) is 3. The van der Waals surface area contributed by atoms with Crippen molar-refractivity contribution < 1.29 is 0 Å². The number of benzene rings is 7. The van der Waals surface area contributed by atoms with Crippen molar-refractivity contribution in [2.75, 3.05) is 0 Å². The van der Waals surface area contributed by atoms with Crippen LogP contribution in [0.4, 0.5) is 0 Å². The Morgan fingerprint density at radius 1 is 0.400 bits per heavy atom. The van der Waals surface area contributed by atoms with Crippen LogP contribution in [0, 0.1) is 0 Å². The van der Waals surface area contributed by atoms with Gasteiger partial charge in [-0.1, -0.05) is 194 Å². The van der Waals surface area contributed by atoms with Crippen molar-refractivity contribution in [3.05, 3.63) is 234 Å². The number of nitrogens with zero attached hydrogens (tertiary/aromatic N) is 2. The van der Waals surface area contributed by atoms with Gasteiger partial charge in [0.15, 0.2) is 0 Å². The molecule has 2 aliphatic heterocycles. The van der Waals surface area contributed by atoms with Crippen molar-refractivity contribution in [2.45, 2.75) is 6.04 Å². The van der Waals surface area contributed by atoms with E-state index >= 15 is 0 Å². The minimum Gasteiger partial charge on any atom is -0.274 e. The fourth-order valence-corrected chi connectivity index (χ4v) is 8.03. The predicted molar refractivity (Wildman–Crippen MR) is 228 cm³/mol. The summed E-state index contributed by atoms with van der Waals surface area (Å²) in [7, 11) is 0. The second-order valence-corrected chi connectivity index (χ2v) is 14.0. The normalized spacial score (nSPS) is 14.7. The zero-order valence-electron chi connectivity index (χ0n) is 30.2. The fraction of sp³-hybridized carbons (Fsp3) is 0.0192. The molecular formula is C52H37N3. The van der Waals surface area contributed by atoms with Crippen molar-refractivity contribution in [1.29, 1.82) is 0 Å². The Hall–Kier alpha value is -7.07. The highest BCUT2D eigenvalue weighted by Crippen LogP contribution is 2.51. The molecule has 0 saturated carbocycles. The predicted octanol–water partition coefficient (Wildman–Crippen LogP) is 12.7. The zero-order chi connectivity index (χ0) is 36.6. The van der Waals surface area contributed by atoms with Gasteiger partial charge in [-0.3, -0.25) is 5.01 Å². The monoisotopic (exact) mass is 703 g/mol. The summed E-state index contributed by atoms with van der Waals surface area (Å²) in [5.41, 5.74) is 22.3. The summed E-state index contributed by atoms with van der Waals surface area (Å²) in [5, 5.41) is 2.32. The average molecular weight is 704 g/mol. The number of aromatic nitrogens is 1. The second kappa shape index (κ2) is 14.1. The molecule has 0 saturated heterocycles. The van der Waals surface area contributed by atoms with E-state index in [9.17, 15) is 0 Å². The molecule has 10 rings (SSSR count). The van der Waals surface area contributed by atoms with Gasteiger partial charge in [0.05, 0.1) is 28.8 Å². The Labute approximate surface area is 322 Å². The van der Waals surface area contributed by atoms with Crippen molar-refractivity contribution in [1.82, 2.24) is 15.4 Å². The molecule has 8 aromatic rings. The molecule has 3 heteroatoms. The van der Waals surface area contributed by atoms with E-state index in [-0.39, 0.29) is 6.04 Å². The van der Waals surface area contributed by atoms with Gasteiger partial charge in [-0.15, -0.1) is 0 Å². The van der Waals surface area contributed by atoms with Gasteiger partial charge in [-0.05, 0) is 62.7 Å². The van der Waals surface area contributed by atoms with Crippen LogP contribution < -0.4 is 5.43 Å². The average Bonchev–Trinajstić information content (AvgIpc) is 3.69. The van der Waals surface area contributed by atoms with Gasteiger partial charge in [0, 0.05) is 22.3 Å². The quantitative estimate of drug-likeness (QED) is 0.179. The summed E-state index contributed by atoms with van der Waals surface area (Å²) in [6, 6.07) is 73.4. The maximum atomic E-state index is 5.10. The molecule has 0 fully saturated rings. The molecule has 0 aliphatic carbocycles. The Kier molecular flexibility index (Phi) is 8.32. The minimum atomic E-state index is -0.0264. The molecule has 0 spiro atoms. The largest absolute Gasteiger partial charge is 0.274 e. The molecule has 1 N–H and O–H groups in total. The van der Waals surface area contributed by atoms with E-state index in [1.165, 1.54) is 44.7 Å². The molecule has 0 radical (unpaired) electrons. The van der Waals surface area contributed by atoms with Crippen LogP contribution in [-0.4, -0.2) is 9.99 Å². The molecule has 0 amide bonds. The third-order valence-electron chi connectivity index (χ3n) is 10.7. The highest BCUT2D eigenvalue weighted by molar-refractivity contribution is 6.06. The van der Waals surface area contributed by atoms with Crippen LogP contribution in [0.1, 0.15) is 33.9 Å². The van der Waals surface area contributed by atoms with Crippen LogP contribution in [-0.2, 0) is 0 Å². The van der Waals surface area contributed by atoms with Crippen LogP contribution >= 0.6 is 0 Å². The van der Waals surface area contributed by atoms with Gasteiger partial charge in [-0.25, -0.2) is 10.4 Å². The molecule has 1 unspecified atom stereocenters. The molecule has 2 aliphatic rings. The number of pyridine rings is 1. The number of rotatable bonds is 7. The van der Waals surface area contributed by atoms with Gasteiger partial charge in [-0.2, -0.15) is 0 Å². The van der Waals surface area contributed by atoms with Crippen molar-refractivity contribution >= 4 is 23.0 Å². The molecule has 55 heavy (non-hydrogen) atoms. The van der Waals surface area contributed by atoms with Gasteiger partial charge < -0.3 is 0 Å². The van der Waals surface area contributed by atoms with Gasteiger partial charge in [0.25, 0.3) is 0 Å². The van der Waals surface area contributed by atoms with E-state index in [0.29, 0.717) is 0 Å². The Morgan fingerprint density at radius 2 is 0.891 bits per heavy atom. The van der Waals surface area contributed by atoms with Crippen molar-refractivity contribution in [3.63, 3.8) is 0 Å². The summed E-state index contributed by atoms with van der Waals surface area (Å²) in [6.07, 6.45) is 2.36. The molecule has 7 aromatic carbocycles. The van der Waals surface area contributed by atoms with Crippen LogP contribution in [0.5, 0.6) is 0 Å². The molecule has 1 atom stereocenters. The first-order valence-corrected chi connectivity index (χ1v) is 18.8. The van der Waals surface area contributed by atoms with Gasteiger partial charge >= 0.3 is 0 Å². The number of hydrogen-bond donors (Lipinski definition) is 1. The van der Waals surface area contributed by atoms with Crippen molar-refractivity contribution in [3.8, 4) is 44.8 Å². The highest BCUT2D eigenvalue weighted by atomic mass is 15.6. The van der Waals surface area contributed by atoms with Gasteiger partial charge in [0.2, 0.25) is 0 Å². The molecule has 3 heterocycles. The van der Waals surface area contributed by atoms with E-state index in [1.54, 1.807) is 0 Å². The molecule has 3 nitrogen and oxygen atoms in total. The Morgan fingerprint density at radius 3 is 1.47 bits per heavy atom. The third-order valence-corrected chi connectivity index (χ3v) is 10.7. The lowest BCUT2D eigenvalue weighted by atomic mass is 9.85. The van der Waals surface area contributed by atoms with E-state index < -0.39 is 0 Å². The molecular weight excluding hydrogens is 667 g/mol. The molecule has 260 valence electrons. The summed E-state index contributed by atoms with van der Waals surface area (Å²) >= 11 is 0. The lowest BCUT2D eigenvalue weighted by molar-refractivity contribution is 0.405. The highest BCUT2D eigenvalue weighted by Gasteiger charge is 2.39. The maximum Gasteiger partial charge on any atom is 0.0793 e. The van der Waals surface area contributed by atoms with Gasteiger partial charge in [0.1, 0.15) is 0 Å². The zero-order valence-corrected chi connectivity index (χ0v) is 30.2. The van der Waals surface area contributed by atoms with Crippen LogP contribution in [0.2, 0.25) is 0 Å². The van der Waals surface area contributed by atoms with Crippen LogP contribution in [0.15, 0.2) is 206 Å². The topological polar surface area (TPSA) is 28.2 Å². The number of nitrogens with one attached hydrogen (secondary N) is 1.